The zero-order valence-electron chi connectivity index (χ0n) is 12.0. The standard InChI is InChI=1S/C14H10F4N6/c15-10-6-20-11(5-9(10)14(16,17)18)21-7-12-22-13(24-23-12)8-1-3-19-4-2-8/h1-6H,7H2,(H,20,21)(H,22,23,24). The van der Waals surface area contributed by atoms with Gasteiger partial charge in [0.25, 0.3) is 0 Å². The molecule has 3 rings (SSSR count). The van der Waals surface area contributed by atoms with Crippen molar-refractivity contribution in [2.45, 2.75) is 12.7 Å². The van der Waals surface area contributed by atoms with Gasteiger partial charge in [0.2, 0.25) is 0 Å². The van der Waals surface area contributed by atoms with Gasteiger partial charge in [-0.1, -0.05) is 0 Å². The number of anilines is 1. The molecule has 0 spiro atoms. The highest BCUT2D eigenvalue weighted by Gasteiger charge is 2.34. The third-order valence-corrected chi connectivity index (χ3v) is 3.07. The van der Waals surface area contributed by atoms with Crippen molar-refractivity contribution in [1.29, 1.82) is 0 Å². The normalized spacial score (nSPS) is 11.5. The number of hydrogen-bond acceptors (Lipinski definition) is 5. The van der Waals surface area contributed by atoms with Crippen LogP contribution in [0.3, 0.4) is 0 Å². The van der Waals surface area contributed by atoms with E-state index in [2.05, 4.69) is 30.5 Å². The molecular formula is C14H10F4N6. The number of rotatable bonds is 4. The zero-order chi connectivity index (χ0) is 17.2. The second kappa shape index (κ2) is 6.22. The molecule has 6 nitrogen and oxygen atoms in total. The third-order valence-electron chi connectivity index (χ3n) is 3.07. The Bertz CT molecular complexity index is 831. The molecule has 0 radical (unpaired) electrons. The first-order valence-electron chi connectivity index (χ1n) is 6.72. The number of hydrogen-bond donors (Lipinski definition) is 2. The Morgan fingerprint density at radius 2 is 1.92 bits per heavy atom. The Labute approximate surface area is 133 Å². The Morgan fingerprint density at radius 3 is 2.62 bits per heavy atom. The minimum Gasteiger partial charge on any atom is -0.363 e. The summed E-state index contributed by atoms with van der Waals surface area (Å²) in [6.07, 6.45) is -1.09. The molecule has 0 saturated carbocycles. The second-order valence-electron chi connectivity index (χ2n) is 4.74. The lowest BCUT2D eigenvalue weighted by atomic mass is 10.2. The quantitative estimate of drug-likeness (QED) is 0.715. The van der Waals surface area contributed by atoms with Crippen LogP contribution in [-0.2, 0) is 12.7 Å². The third kappa shape index (κ3) is 3.47. The molecule has 3 aromatic rings. The highest BCUT2D eigenvalue weighted by molar-refractivity contribution is 5.53. The van der Waals surface area contributed by atoms with Crippen molar-refractivity contribution < 1.29 is 17.6 Å². The van der Waals surface area contributed by atoms with Crippen LogP contribution in [0.25, 0.3) is 11.4 Å². The van der Waals surface area contributed by atoms with Gasteiger partial charge in [0.1, 0.15) is 11.6 Å². The van der Waals surface area contributed by atoms with Crippen LogP contribution < -0.4 is 5.32 Å². The fourth-order valence-electron chi connectivity index (χ4n) is 1.93. The number of aromatic nitrogens is 5. The lowest BCUT2D eigenvalue weighted by Crippen LogP contribution is -2.11. The topological polar surface area (TPSA) is 79.4 Å². The van der Waals surface area contributed by atoms with Crippen molar-refractivity contribution in [3.63, 3.8) is 0 Å². The molecule has 0 unspecified atom stereocenters. The van der Waals surface area contributed by atoms with E-state index in [1.165, 1.54) is 0 Å². The van der Waals surface area contributed by atoms with Crippen molar-refractivity contribution in [2.75, 3.05) is 5.32 Å². The van der Waals surface area contributed by atoms with Gasteiger partial charge in [-0.05, 0) is 18.2 Å². The average Bonchev–Trinajstić information content (AvgIpc) is 3.03. The summed E-state index contributed by atoms with van der Waals surface area (Å²) in [5, 5.41) is 9.31. The molecule has 3 aromatic heterocycles. The average molecular weight is 338 g/mol. The molecular weight excluding hydrogens is 328 g/mol. The Balaban J connectivity index is 1.72. The summed E-state index contributed by atoms with van der Waals surface area (Å²) in [7, 11) is 0. The van der Waals surface area contributed by atoms with Gasteiger partial charge < -0.3 is 5.32 Å². The fourth-order valence-corrected chi connectivity index (χ4v) is 1.93. The number of nitrogens with zero attached hydrogens (tertiary/aromatic N) is 4. The summed E-state index contributed by atoms with van der Waals surface area (Å²) in [4.78, 5) is 11.7. The monoisotopic (exact) mass is 338 g/mol. The van der Waals surface area contributed by atoms with Crippen molar-refractivity contribution in [3.05, 3.63) is 54.0 Å². The Hall–Kier alpha value is -3.04. The number of aromatic amines is 1. The summed E-state index contributed by atoms with van der Waals surface area (Å²) < 4.78 is 51.1. The van der Waals surface area contributed by atoms with E-state index in [0.29, 0.717) is 23.9 Å². The molecule has 0 aromatic carbocycles. The predicted molar refractivity (Wildman–Crippen MR) is 76.1 cm³/mol. The Morgan fingerprint density at radius 1 is 1.17 bits per heavy atom. The lowest BCUT2D eigenvalue weighted by molar-refractivity contribution is -0.140. The number of pyridine rings is 2. The SMILES string of the molecule is Fc1cnc(NCc2nc(-c3ccncc3)n[nH]2)cc1C(F)(F)F. The molecule has 0 aliphatic rings. The van der Waals surface area contributed by atoms with Gasteiger partial charge in [0.15, 0.2) is 11.6 Å². The van der Waals surface area contributed by atoms with Crippen LogP contribution in [0.1, 0.15) is 11.4 Å². The zero-order valence-corrected chi connectivity index (χ0v) is 12.0. The number of nitrogens with one attached hydrogen (secondary N) is 2. The van der Waals surface area contributed by atoms with E-state index in [-0.39, 0.29) is 12.4 Å². The molecule has 124 valence electrons. The summed E-state index contributed by atoms with van der Waals surface area (Å²) in [5.74, 6) is -0.725. The first kappa shape index (κ1) is 15.8. The van der Waals surface area contributed by atoms with E-state index in [4.69, 9.17) is 0 Å². The van der Waals surface area contributed by atoms with Crippen molar-refractivity contribution in [2.24, 2.45) is 0 Å². The van der Waals surface area contributed by atoms with Crippen LogP contribution in [0.5, 0.6) is 0 Å². The first-order chi connectivity index (χ1) is 11.4. The van der Waals surface area contributed by atoms with Crippen LogP contribution in [0, 0.1) is 5.82 Å². The molecule has 2 N–H and O–H groups in total. The van der Waals surface area contributed by atoms with Gasteiger partial charge in [-0.2, -0.15) is 18.3 Å². The van der Waals surface area contributed by atoms with Crippen LogP contribution >= 0.6 is 0 Å². The second-order valence-corrected chi connectivity index (χ2v) is 4.74. The van der Waals surface area contributed by atoms with E-state index in [1.807, 2.05) is 0 Å². The van der Waals surface area contributed by atoms with Crippen molar-refractivity contribution in [1.82, 2.24) is 25.1 Å². The number of alkyl halides is 3. The van der Waals surface area contributed by atoms with Crippen LogP contribution in [-0.4, -0.2) is 25.1 Å². The maximum absolute atomic E-state index is 13.2. The van der Waals surface area contributed by atoms with Gasteiger partial charge in [0, 0.05) is 18.0 Å². The van der Waals surface area contributed by atoms with E-state index in [9.17, 15) is 17.6 Å². The van der Waals surface area contributed by atoms with Gasteiger partial charge in [-0.3, -0.25) is 10.1 Å². The van der Waals surface area contributed by atoms with Crippen molar-refractivity contribution >= 4 is 5.82 Å². The van der Waals surface area contributed by atoms with Gasteiger partial charge >= 0.3 is 6.18 Å². The minimum atomic E-state index is -4.79. The fraction of sp³-hybridized carbons (Fsp3) is 0.143. The highest BCUT2D eigenvalue weighted by Crippen LogP contribution is 2.32. The van der Waals surface area contributed by atoms with Gasteiger partial charge in [-0.25, -0.2) is 14.4 Å². The largest absolute Gasteiger partial charge is 0.419 e. The molecule has 24 heavy (non-hydrogen) atoms. The van der Waals surface area contributed by atoms with E-state index in [0.717, 1.165) is 5.56 Å². The lowest BCUT2D eigenvalue weighted by Gasteiger charge is -2.10. The molecule has 10 heteroatoms. The molecule has 0 fully saturated rings. The predicted octanol–water partition coefficient (Wildman–Crippen LogP) is 3.03. The molecule has 0 aliphatic heterocycles. The summed E-state index contributed by atoms with van der Waals surface area (Å²) in [6.45, 7) is 0.0496. The maximum atomic E-state index is 13.2. The van der Waals surface area contributed by atoms with Crippen LogP contribution in [0.2, 0.25) is 0 Å². The highest BCUT2D eigenvalue weighted by atomic mass is 19.4. The summed E-state index contributed by atoms with van der Waals surface area (Å²) in [6, 6.07) is 4.05. The van der Waals surface area contributed by atoms with E-state index < -0.39 is 17.6 Å². The molecule has 0 atom stereocenters. The van der Waals surface area contributed by atoms with Crippen LogP contribution in [0.4, 0.5) is 23.4 Å². The summed E-state index contributed by atoms with van der Waals surface area (Å²) >= 11 is 0. The van der Waals surface area contributed by atoms with Gasteiger partial charge in [-0.15, -0.1) is 0 Å². The van der Waals surface area contributed by atoms with Crippen molar-refractivity contribution in [3.8, 4) is 11.4 Å². The molecule has 0 saturated heterocycles. The number of halogens is 4. The molecule has 0 aliphatic carbocycles. The first-order valence-corrected chi connectivity index (χ1v) is 6.72. The smallest absolute Gasteiger partial charge is 0.363 e. The molecule has 3 heterocycles. The van der Waals surface area contributed by atoms with E-state index >= 15 is 0 Å². The Kier molecular flexibility index (Phi) is 4.11. The van der Waals surface area contributed by atoms with Gasteiger partial charge in [0.05, 0.1) is 18.3 Å². The maximum Gasteiger partial charge on any atom is 0.419 e. The minimum absolute atomic E-state index is 0.0496. The molecule has 0 bridgehead atoms. The van der Waals surface area contributed by atoms with E-state index in [1.54, 1.807) is 24.5 Å². The molecule has 0 amide bonds. The number of H-pyrrole nitrogens is 1. The van der Waals surface area contributed by atoms with Crippen LogP contribution in [0.15, 0.2) is 36.8 Å². The summed E-state index contributed by atoms with van der Waals surface area (Å²) in [5.41, 5.74) is -0.637.